The SMILES string of the molecule is CC/C=C/C(=O)c1cncc(OCCC)c1. The lowest BCUT2D eigenvalue weighted by Gasteiger charge is -2.04. The number of pyridine rings is 1. The predicted octanol–water partition coefficient (Wildman–Crippen LogP) is 3.02. The molecule has 16 heavy (non-hydrogen) atoms. The normalized spacial score (nSPS) is 10.6. The van der Waals surface area contributed by atoms with Crippen LogP contribution in [0.1, 0.15) is 37.0 Å². The molecule has 0 unspecified atom stereocenters. The van der Waals surface area contributed by atoms with Crippen LogP contribution in [0.2, 0.25) is 0 Å². The Labute approximate surface area is 96.2 Å². The molecule has 0 aliphatic heterocycles. The average Bonchev–Trinajstić information content (AvgIpc) is 2.33. The van der Waals surface area contributed by atoms with E-state index in [-0.39, 0.29) is 5.78 Å². The van der Waals surface area contributed by atoms with Crippen LogP contribution in [-0.4, -0.2) is 17.4 Å². The van der Waals surface area contributed by atoms with Gasteiger partial charge in [-0.1, -0.05) is 19.9 Å². The van der Waals surface area contributed by atoms with Gasteiger partial charge in [0.2, 0.25) is 0 Å². The van der Waals surface area contributed by atoms with Gasteiger partial charge in [0, 0.05) is 11.8 Å². The van der Waals surface area contributed by atoms with E-state index >= 15 is 0 Å². The zero-order chi connectivity index (χ0) is 11.8. The van der Waals surface area contributed by atoms with Crippen molar-refractivity contribution in [2.45, 2.75) is 26.7 Å². The highest BCUT2D eigenvalue weighted by Crippen LogP contribution is 2.12. The van der Waals surface area contributed by atoms with Gasteiger partial charge in [-0.15, -0.1) is 0 Å². The van der Waals surface area contributed by atoms with Gasteiger partial charge in [0.15, 0.2) is 5.78 Å². The Bertz CT molecular complexity index is 372. The molecule has 0 amide bonds. The number of nitrogens with zero attached hydrogens (tertiary/aromatic N) is 1. The highest BCUT2D eigenvalue weighted by molar-refractivity contribution is 6.04. The highest BCUT2D eigenvalue weighted by Gasteiger charge is 2.03. The van der Waals surface area contributed by atoms with Crippen LogP contribution in [-0.2, 0) is 0 Å². The fourth-order valence-electron chi connectivity index (χ4n) is 1.17. The van der Waals surface area contributed by atoms with Gasteiger partial charge in [-0.25, -0.2) is 0 Å². The van der Waals surface area contributed by atoms with Crippen LogP contribution in [0, 0.1) is 0 Å². The molecular formula is C13H17NO2. The van der Waals surface area contributed by atoms with Crippen molar-refractivity contribution in [2.24, 2.45) is 0 Å². The summed E-state index contributed by atoms with van der Waals surface area (Å²) in [5, 5.41) is 0. The molecule has 0 radical (unpaired) electrons. The largest absolute Gasteiger partial charge is 0.492 e. The first-order chi connectivity index (χ1) is 7.77. The molecule has 0 spiro atoms. The average molecular weight is 219 g/mol. The van der Waals surface area contributed by atoms with Crippen molar-refractivity contribution >= 4 is 5.78 Å². The number of hydrogen-bond donors (Lipinski definition) is 0. The van der Waals surface area contributed by atoms with Crippen molar-refractivity contribution in [3.63, 3.8) is 0 Å². The summed E-state index contributed by atoms with van der Waals surface area (Å²) in [5.74, 6) is 0.619. The van der Waals surface area contributed by atoms with Crippen molar-refractivity contribution < 1.29 is 9.53 Å². The van der Waals surface area contributed by atoms with E-state index < -0.39 is 0 Å². The van der Waals surface area contributed by atoms with Gasteiger partial charge < -0.3 is 4.74 Å². The van der Waals surface area contributed by atoms with Crippen LogP contribution < -0.4 is 4.74 Å². The Morgan fingerprint density at radius 2 is 2.25 bits per heavy atom. The van der Waals surface area contributed by atoms with Crippen LogP contribution in [0.5, 0.6) is 5.75 Å². The summed E-state index contributed by atoms with van der Waals surface area (Å²) >= 11 is 0. The van der Waals surface area contributed by atoms with E-state index in [0.29, 0.717) is 17.9 Å². The highest BCUT2D eigenvalue weighted by atomic mass is 16.5. The molecule has 3 heteroatoms. The fraction of sp³-hybridized carbons (Fsp3) is 0.385. The quantitative estimate of drug-likeness (QED) is 0.545. The number of carbonyl (C=O) groups is 1. The number of ketones is 1. The predicted molar refractivity (Wildman–Crippen MR) is 63.8 cm³/mol. The van der Waals surface area contributed by atoms with Gasteiger partial charge >= 0.3 is 0 Å². The number of rotatable bonds is 6. The Hall–Kier alpha value is -1.64. The number of ether oxygens (including phenoxy) is 1. The number of aromatic nitrogens is 1. The van der Waals surface area contributed by atoms with Crippen LogP contribution in [0.4, 0.5) is 0 Å². The molecule has 0 N–H and O–H groups in total. The Balaban J connectivity index is 2.73. The topological polar surface area (TPSA) is 39.2 Å². The molecule has 0 saturated heterocycles. The number of carbonyl (C=O) groups excluding carboxylic acids is 1. The molecule has 1 aromatic rings. The van der Waals surface area contributed by atoms with E-state index in [4.69, 9.17) is 4.74 Å². The standard InChI is InChI=1S/C13H17NO2/c1-3-5-6-13(15)11-8-12(10-14-9-11)16-7-4-2/h5-6,8-10H,3-4,7H2,1-2H3/b6-5+. The van der Waals surface area contributed by atoms with Gasteiger partial charge in [-0.05, 0) is 25.0 Å². The van der Waals surface area contributed by atoms with Crippen molar-refractivity contribution in [1.29, 1.82) is 0 Å². The summed E-state index contributed by atoms with van der Waals surface area (Å²) in [4.78, 5) is 15.6. The van der Waals surface area contributed by atoms with E-state index in [9.17, 15) is 4.79 Å². The van der Waals surface area contributed by atoms with Crippen LogP contribution in [0.15, 0.2) is 30.6 Å². The van der Waals surface area contributed by atoms with Crippen molar-refractivity contribution in [2.75, 3.05) is 6.61 Å². The molecule has 0 aliphatic rings. The number of hydrogen-bond acceptors (Lipinski definition) is 3. The zero-order valence-electron chi connectivity index (χ0n) is 9.77. The fourth-order valence-corrected chi connectivity index (χ4v) is 1.17. The minimum atomic E-state index is -0.0312. The second-order valence-electron chi connectivity index (χ2n) is 3.43. The molecule has 3 nitrogen and oxygen atoms in total. The maximum atomic E-state index is 11.6. The summed E-state index contributed by atoms with van der Waals surface area (Å²) in [5.41, 5.74) is 0.568. The molecule has 0 bridgehead atoms. The van der Waals surface area contributed by atoms with Crippen molar-refractivity contribution in [3.05, 3.63) is 36.2 Å². The Morgan fingerprint density at radius 1 is 1.44 bits per heavy atom. The Kier molecular flexibility index (Phi) is 5.26. The first kappa shape index (κ1) is 12.4. The summed E-state index contributed by atoms with van der Waals surface area (Å²) in [6, 6.07) is 1.73. The third kappa shape index (κ3) is 3.85. The summed E-state index contributed by atoms with van der Waals surface area (Å²) < 4.78 is 5.41. The third-order valence-electron chi connectivity index (χ3n) is 1.98. The summed E-state index contributed by atoms with van der Waals surface area (Å²) in [7, 11) is 0. The van der Waals surface area contributed by atoms with Gasteiger partial charge in [-0.2, -0.15) is 0 Å². The molecule has 86 valence electrons. The molecule has 0 aromatic carbocycles. The van der Waals surface area contributed by atoms with Gasteiger partial charge in [-0.3, -0.25) is 9.78 Å². The first-order valence-electron chi connectivity index (χ1n) is 5.56. The lowest BCUT2D eigenvalue weighted by atomic mass is 10.1. The summed E-state index contributed by atoms with van der Waals surface area (Å²) in [6.45, 7) is 4.67. The molecule has 1 aromatic heterocycles. The zero-order valence-corrected chi connectivity index (χ0v) is 9.77. The van der Waals surface area contributed by atoms with Crippen LogP contribution in [0.25, 0.3) is 0 Å². The Morgan fingerprint density at radius 3 is 2.94 bits per heavy atom. The van der Waals surface area contributed by atoms with Crippen molar-refractivity contribution in [3.8, 4) is 5.75 Å². The smallest absolute Gasteiger partial charge is 0.187 e. The van der Waals surface area contributed by atoms with Gasteiger partial charge in [0.25, 0.3) is 0 Å². The second kappa shape index (κ2) is 6.77. The van der Waals surface area contributed by atoms with E-state index in [0.717, 1.165) is 12.8 Å². The van der Waals surface area contributed by atoms with Gasteiger partial charge in [0.05, 0.1) is 12.8 Å². The van der Waals surface area contributed by atoms with Crippen LogP contribution in [0.3, 0.4) is 0 Å². The van der Waals surface area contributed by atoms with E-state index in [1.807, 2.05) is 19.9 Å². The lowest BCUT2D eigenvalue weighted by Crippen LogP contribution is -1.99. The monoisotopic (exact) mass is 219 g/mol. The van der Waals surface area contributed by atoms with Crippen molar-refractivity contribution in [1.82, 2.24) is 4.98 Å². The molecule has 1 heterocycles. The third-order valence-corrected chi connectivity index (χ3v) is 1.98. The lowest BCUT2D eigenvalue weighted by molar-refractivity contribution is 0.104. The number of allylic oxidation sites excluding steroid dienone is 2. The maximum absolute atomic E-state index is 11.6. The van der Waals surface area contributed by atoms with E-state index in [1.165, 1.54) is 0 Å². The molecule has 0 fully saturated rings. The minimum absolute atomic E-state index is 0.0312. The van der Waals surface area contributed by atoms with Crippen LogP contribution >= 0.6 is 0 Å². The molecular weight excluding hydrogens is 202 g/mol. The molecule has 1 rings (SSSR count). The molecule has 0 atom stereocenters. The maximum Gasteiger partial charge on any atom is 0.187 e. The second-order valence-corrected chi connectivity index (χ2v) is 3.43. The molecule has 0 saturated carbocycles. The minimum Gasteiger partial charge on any atom is -0.492 e. The van der Waals surface area contributed by atoms with E-state index in [2.05, 4.69) is 4.98 Å². The first-order valence-corrected chi connectivity index (χ1v) is 5.56. The summed E-state index contributed by atoms with van der Waals surface area (Å²) in [6.07, 6.45) is 8.37. The van der Waals surface area contributed by atoms with E-state index in [1.54, 1.807) is 24.5 Å². The molecule has 0 aliphatic carbocycles. The van der Waals surface area contributed by atoms with Gasteiger partial charge in [0.1, 0.15) is 5.75 Å².